The Labute approximate surface area is 174 Å². The average molecular weight is 409 g/mol. The minimum Gasteiger partial charge on any atom is -0.448 e. The zero-order chi connectivity index (χ0) is 21.0. The maximum atomic E-state index is 12.4. The van der Waals surface area contributed by atoms with Gasteiger partial charge in [0.15, 0.2) is 11.8 Å². The molecule has 1 aromatic heterocycles. The molecule has 29 heavy (non-hydrogen) atoms. The van der Waals surface area contributed by atoms with Crippen molar-refractivity contribution < 1.29 is 14.3 Å². The molecule has 0 fully saturated rings. The van der Waals surface area contributed by atoms with Crippen molar-refractivity contribution in [1.82, 2.24) is 4.98 Å². The van der Waals surface area contributed by atoms with Crippen molar-refractivity contribution in [2.24, 2.45) is 0 Å². The van der Waals surface area contributed by atoms with E-state index in [9.17, 15) is 9.59 Å². The van der Waals surface area contributed by atoms with E-state index in [1.165, 1.54) is 16.9 Å². The lowest BCUT2D eigenvalue weighted by atomic mass is 10.1. The number of rotatable bonds is 6. The number of hydrogen-bond donors (Lipinski definition) is 1. The Hall–Kier alpha value is -2.99. The van der Waals surface area contributed by atoms with Crippen LogP contribution in [0.25, 0.3) is 10.6 Å². The van der Waals surface area contributed by atoms with Crippen LogP contribution in [0.15, 0.2) is 47.8 Å². The first-order valence-electron chi connectivity index (χ1n) is 9.51. The molecule has 0 unspecified atom stereocenters. The second kappa shape index (κ2) is 9.01. The third kappa shape index (κ3) is 5.09. The molecule has 0 bridgehead atoms. The van der Waals surface area contributed by atoms with Crippen LogP contribution in [0.2, 0.25) is 0 Å². The number of anilines is 1. The van der Waals surface area contributed by atoms with E-state index in [4.69, 9.17) is 4.74 Å². The lowest BCUT2D eigenvalue weighted by Crippen LogP contribution is -2.30. The SMILES string of the molecule is CCc1ccc(-c2nc(C(=O)O[C@H](C)C(=O)Nc3cc(C)ccc3C)cs2)cc1. The number of hydrogen-bond acceptors (Lipinski definition) is 5. The van der Waals surface area contributed by atoms with Crippen LogP contribution in [-0.2, 0) is 16.0 Å². The zero-order valence-corrected chi connectivity index (χ0v) is 17.8. The molecular weight excluding hydrogens is 384 g/mol. The number of carbonyl (C=O) groups is 2. The highest BCUT2D eigenvalue weighted by Gasteiger charge is 2.21. The number of nitrogens with one attached hydrogen (secondary N) is 1. The topological polar surface area (TPSA) is 68.3 Å². The van der Waals surface area contributed by atoms with E-state index < -0.39 is 12.1 Å². The third-order valence-corrected chi connectivity index (χ3v) is 5.52. The van der Waals surface area contributed by atoms with Gasteiger partial charge in [-0.1, -0.05) is 43.3 Å². The first kappa shape index (κ1) is 20.7. The van der Waals surface area contributed by atoms with Crippen LogP contribution >= 0.6 is 11.3 Å². The van der Waals surface area contributed by atoms with Gasteiger partial charge in [0, 0.05) is 16.6 Å². The normalized spacial score (nSPS) is 11.7. The number of esters is 1. The summed E-state index contributed by atoms with van der Waals surface area (Å²) < 4.78 is 5.32. The van der Waals surface area contributed by atoms with Gasteiger partial charge in [0.05, 0.1) is 0 Å². The smallest absolute Gasteiger partial charge is 0.358 e. The molecule has 3 aromatic rings. The minimum absolute atomic E-state index is 0.205. The average Bonchev–Trinajstić information content (AvgIpc) is 3.21. The third-order valence-electron chi connectivity index (χ3n) is 4.63. The minimum atomic E-state index is -0.934. The number of aryl methyl sites for hydroxylation is 3. The lowest BCUT2D eigenvalue weighted by Gasteiger charge is -2.14. The Morgan fingerprint density at radius 3 is 2.55 bits per heavy atom. The van der Waals surface area contributed by atoms with Gasteiger partial charge < -0.3 is 10.1 Å². The molecule has 0 saturated heterocycles. The van der Waals surface area contributed by atoms with Crippen molar-refractivity contribution in [2.75, 3.05) is 5.32 Å². The second-order valence-corrected chi connectivity index (χ2v) is 7.80. The maximum absolute atomic E-state index is 12.4. The lowest BCUT2D eigenvalue weighted by molar-refractivity contribution is -0.123. The molecule has 0 aliphatic rings. The van der Waals surface area contributed by atoms with Crippen molar-refractivity contribution in [3.8, 4) is 10.6 Å². The highest BCUT2D eigenvalue weighted by molar-refractivity contribution is 7.13. The predicted octanol–water partition coefficient (Wildman–Crippen LogP) is 5.17. The molecule has 0 aliphatic carbocycles. The van der Waals surface area contributed by atoms with Gasteiger partial charge in [0.1, 0.15) is 5.01 Å². The molecule has 2 aromatic carbocycles. The fraction of sp³-hybridized carbons (Fsp3) is 0.261. The summed E-state index contributed by atoms with van der Waals surface area (Å²) in [6, 6.07) is 13.9. The molecule has 0 spiro atoms. The highest BCUT2D eigenvalue weighted by Crippen LogP contribution is 2.25. The van der Waals surface area contributed by atoms with Crippen LogP contribution < -0.4 is 5.32 Å². The van der Waals surface area contributed by atoms with Gasteiger partial charge in [0.2, 0.25) is 0 Å². The molecule has 6 heteroatoms. The molecule has 150 valence electrons. The van der Waals surface area contributed by atoms with Crippen molar-refractivity contribution >= 4 is 28.9 Å². The molecule has 1 heterocycles. The fourth-order valence-corrected chi connectivity index (χ4v) is 3.56. The molecule has 1 N–H and O–H groups in total. The van der Waals surface area contributed by atoms with Gasteiger partial charge >= 0.3 is 5.97 Å². The summed E-state index contributed by atoms with van der Waals surface area (Å²) in [6.45, 7) is 7.52. The molecule has 0 saturated carbocycles. The van der Waals surface area contributed by atoms with E-state index in [1.54, 1.807) is 12.3 Å². The van der Waals surface area contributed by atoms with Crippen LogP contribution in [0.4, 0.5) is 5.69 Å². The van der Waals surface area contributed by atoms with E-state index in [0.29, 0.717) is 5.69 Å². The fourth-order valence-electron chi connectivity index (χ4n) is 2.76. The maximum Gasteiger partial charge on any atom is 0.358 e. The summed E-state index contributed by atoms with van der Waals surface area (Å²) in [6.07, 6.45) is 0.0361. The Kier molecular flexibility index (Phi) is 6.44. The van der Waals surface area contributed by atoms with Crippen molar-refractivity contribution in [2.45, 2.75) is 40.2 Å². The van der Waals surface area contributed by atoms with Gasteiger partial charge in [0.25, 0.3) is 5.91 Å². The van der Waals surface area contributed by atoms with Crippen molar-refractivity contribution in [1.29, 1.82) is 0 Å². The Bertz CT molecular complexity index is 1020. The summed E-state index contributed by atoms with van der Waals surface area (Å²) in [7, 11) is 0. The van der Waals surface area contributed by atoms with E-state index >= 15 is 0 Å². The molecule has 1 amide bonds. The van der Waals surface area contributed by atoms with Gasteiger partial charge in [-0.3, -0.25) is 4.79 Å². The molecule has 0 radical (unpaired) electrons. The predicted molar refractivity (Wildman–Crippen MR) is 116 cm³/mol. The van der Waals surface area contributed by atoms with Gasteiger partial charge in [-0.2, -0.15) is 0 Å². The largest absolute Gasteiger partial charge is 0.448 e. The number of nitrogens with zero attached hydrogens (tertiary/aromatic N) is 1. The number of carbonyl (C=O) groups excluding carboxylic acids is 2. The Morgan fingerprint density at radius 1 is 1.14 bits per heavy atom. The number of ether oxygens (including phenoxy) is 1. The summed E-state index contributed by atoms with van der Waals surface area (Å²) in [4.78, 5) is 29.2. The van der Waals surface area contributed by atoms with Crippen LogP contribution in [0, 0.1) is 13.8 Å². The number of thiazole rings is 1. The number of amides is 1. The van der Waals surface area contributed by atoms with Gasteiger partial charge in [-0.15, -0.1) is 11.3 Å². The summed E-state index contributed by atoms with van der Waals surface area (Å²) in [5.41, 5.74) is 5.10. The second-order valence-electron chi connectivity index (χ2n) is 6.94. The first-order valence-corrected chi connectivity index (χ1v) is 10.4. The van der Waals surface area contributed by atoms with Crippen molar-refractivity contribution in [3.05, 3.63) is 70.2 Å². The highest BCUT2D eigenvalue weighted by atomic mass is 32.1. The van der Waals surface area contributed by atoms with Crippen LogP contribution in [-0.4, -0.2) is 23.0 Å². The number of aromatic nitrogens is 1. The van der Waals surface area contributed by atoms with E-state index in [2.05, 4.69) is 29.4 Å². The summed E-state index contributed by atoms with van der Waals surface area (Å²) in [5.74, 6) is -0.987. The van der Waals surface area contributed by atoms with Crippen LogP contribution in [0.1, 0.15) is 41.0 Å². The summed E-state index contributed by atoms with van der Waals surface area (Å²) >= 11 is 1.37. The quantitative estimate of drug-likeness (QED) is 0.571. The van der Waals surface area contributed by atoms with Crippen molar-refractivity contribution in [3.63, 3.8) is 0 Å². The summed E-state index contributed by atoms with van der Waals surface area (Å²) in [5, 5.41) is 5.21. The van der Waals surface area contributed by atoms with E-state index in [1.807, 2.05) is 44.2 Å². The molecule has 0 aliphatic heterocycles. The number of benzene rings is 2. The Balaban J connectivity index is 1.64. The standard InChI is InChI=1S/C23H24N2O3S/c1-5-17-8-10-18(11-9-17)22-25-20(13-29-22)23(27)28-16(4)21(26)24-19-12-14(2)6-7-15(19)3/h6-13,16H,5H2,1-4H3,(H,24,26)/t16-/m1/s1. The zero-order valence-electron chi connectivity index (χ0n) is 17.0. The van der Waals surface area contributed by atoms with Crippen LogP contribution in [0.3, 0.4) is 0 Å². The van der Waals surface area contributed by atoms with Gasteiger partial charge in [-0.25, -0.2) is 9.78 Å². The van der Waals surface area contributed by atoms with Crippen LogP contribution in [0.5, 0.6) is 0 Å². The molecule has 5 nitrogen and oxygen atoms in total. The van der Waals surface area contributed by atoms with E-state index in [0.717, 1.165) is 28.1 Å². The molecule has 3 rings (SSSR count). The molecule has 1 atom stereocenters. The van der Waals surface area contributed by atoms with Gasteiger partial charge in [-0.05, 0) is 49.9 Å². The first-order chi connectivity index (χ1) is 13.9. The monoisotopic (exact) mass is 408 g/mol. The van der Waals surface area contributed by atoms with E-state index in [-0.39, 0.29) is 11.6 Å². The molecular formula is C23H24N2O3S. The Morgan fingerprint density at radius 2 is 1.86 bits per heavy atom.